The standard InChI is InChI=1S/C16H23N3/c1-11(2)10-19-15(9-18-16(19)17)14-7-5-13(6-8-14)12-3-4-12/h5-8,11-12,15H,3-4,9-10H2,1-2H3,(H2,17,18). The van der Waals surface area contributed by atoms with Gasteiger partial charge >= 0.3 is 0 Å². The molecule has 0 bridgehead atoms. The van der Waals surface area contributed by atoms with Crippen LogP contribution in [0.1, 0.15) is 49.8 Å². The van der Waals surface area contributed by atoms with Gasteiger partial charge in [0.05, 0.1) is 12.6 Å². The van der Waals surface area contributed by atoms with E-state index < -0.39 is 0 Å². The highest BCUT2D eigenvalue weighted by molar-refractivity contribution is 5.80. The zero-order valence-corrected chi connectivity index (χ0v) is 11.8. The lowest BCUT2D eigenvalue weighted by Gasteiger charge is -2.28. The molecule has 0 spiro atoms. The van der Waals surface area contributed by atoms with Crippen LogP contribution < -0.4 is 5.73 Å². The lowest BCUT2D eigenvalue weighted by molar-refractivity contribution is 0.309. The molecule has 0 amide bonds. The highest BCUT2D eigenvalue weighted by atomic mass is 15.3. The van der Waals surface area contributed by atoms with Crippen molar-refractivity contribution in [2.75, 3.05) is 13.1 Å². The van der Waals surface area contributed by atoms with Crippen LogP contribution in [0.2, 0.25) is 0 Å². The van der Waals surface area contributed by atoms with Crippen molar-refractivity contribution in [3.63, 3.8) is 0 Å². The zero-order valence-electron chi connectivity index (χ0n) is 11.8. The van der Waals surface area contributed by atoms with E-state index in [1.54, 1.807) is 0 Å². The normalized spacial score (nSPS) is 23.0. The van der Waals surface area contributed by atoms with E-state index in [2.05, 4.69) is 48.0 Å². The predicted octanol–water partition coefficient (Wildman–Crippen LogP) is 2.89. The number of nitrogens with two attached hydrogens (primary N) is 1. The van der Waals surface area contributed by atoms with Crippen molar-refractivity contribution in [1.82, 2.24) is 4.90 Å². The summed E-state index contributed by atoms with van der Waals surface area (Å²) in [4.78, 5) is 6.67. The van der Waals surface area contributed by atoms with E-state index in [9.17, 15) is 0 Å². The second-order valence-electron chi connectivity index (χ2n) is 6.20. The van der Waals surface area contributed by atoms with Crippen molar-refractivity contribution in [2.45, 2.75) is 38.6 Å². The number of benzene rings is 1. The molecule has 0 saturated heterocycles. The van der Waals surface area contributed by atoms with Crippen molar-refractivity contribution in [3.05, 3.63) is 35.4 Å². The van der Waals surface area contributed by atoms with Gasteiger partial charge in [-0.1, -0.05) is 38.1 Å². The summed E-state index contributed by atoms with van der Waals surface area (Å²) in [5.41, 5.74) is 8.85. The van der Waals surface area contributed by atoms with Crippen LogP contribution in [0.25, 0.3) is 0 Å². The second kappa shape index (κ2) is 4.87. The molecule has 1 aliphatic carbocycles. The molecule has 102 valence electrons. The fourth-order valence-corrected chi connectivity index (χ4v) is 2.84. The molecule has 2 aliphatic rings. The molecule has 1 atom stereocenters. The van der Waals surface area contributed by atoms with E-state index in [-0.39, 0.29) is 0 Å². The van der Waals surface area contributed by atoms with E-state index in [0.29, 0.717) is 17.9 Å². The second-order valence-corrected chi connectivity index (χ2v) is 6.20. The zero-order chi connectivity index (χ0) is 13.4. The number of rotatable bonds is 4. The van der Waals surface area contributed by atoms with Crippen LogP contribution in [-0.2, 0) is 0 Å². The van der Waals surface area contributed by atoms with Crippen LogP contribution in [0.3, 0.4) is 0 Å². The molecule has 1 aromatic rings. The molecule has 3 rings (SSSR count). The van der Waals surface area contributed by atoms with Gasteiger partial charge in [-0.05, 0) is 35.8 Å². The SMILES string of the molecule is CC(C)CN1C(N)=NCC1c1ccc(C2CC2)cc1. The van der Waals surface area contributed by atoms with Crippen LogP contribution in [-0.4, -0.2) is 23.9 Å². The summed E-state index contributed by atoms with van der Waals surface area (Å²) in [5.74, 6) is 2.12. The quantitative estimate of drug-likeness (QED) is 0.901. The minimum Gasteiger partial charge on any atom is -0.370 e. The molecular weight excluding hydrogens is 234 g/mol. The van der Waals surface area contributed by atoms with E-state index >= 15 is 0 Å². The first-order chi connectivity index (χ1) is 9.15. The minimum absolute atomic E-state index is 0.329. The first-order valence-electron chi connectivity index (χ1n) is 7.31. The molecule has 1 heterocycles. The van der Waals surface area contributed by atoms with Crippen LogP contribution in [0, 0.1) is 5.92 Å². The first-order valence-corrected chi connectivity index (χ1v) is 7.31. The van der Waals surface area contributed by atoms with Crippen molar-refractivity contribution >= 4 is 5.96 Å². The summed E-state index contributed by atoms with van der Waals surface area (Å²) in [5, 5.41) is 0. The van der Waals surface area contributed by atoms with Gasteiger partial charge in [0, 0.05) is 6.54 Å². The van der Waals surface area contributed by atoms with E-state index in [4.69, 9.17) is 5.73 Å². The molecule has 1 aromatic carbocycles. The van der Waals surface area contributed by atoms with Crippen molar-refractivity contribution in [1.29, 1.82) is 0 Å². The highest BCUT2D eigenvalue weighted by Crippen LogP contribution is 2.40. The van der Waals surface area contributed by atoms with Crippen molar-refractivity contribution in [3.8, 4) is 0 Å². The minimum atomic E-state index is 0.329. The van der Waals surface area contributed by atoms with Gasteiger partial charge in [0.1, 0.15) is 0 Å². The third kappa shape index (κ3) is 2.60. The molecule has 1 aliphatic heterocycles. The Labute approximate surface area is 115 Å². The highest BCUT2D eigenvalue weighted by Gasteiger charge is 2.28. The molecule has 3 heteroatoms. The Balaban J connectivity index is 1.76. The molecule has 1 saturated carbocycles. The molecule has 0 radical (unpaired) electrons. The summed E-state index contributed by atoms with van der Waals surface area (Å²) in [7, 11) is 0. The maximum Gasteiger partial charge on any atom is 0.191 e. The maximum atomic E-state index is 6.02. The molecule has 2 N–H and O–H groups in total. The lowest BCUT2D eigenvalue weighted by Crippen LogP contribution is -2.38. The Morgan fingerprint density at radius 3 is 2.42 bits per heavy atom. The van der Waals surface area contributed by atoms with E-state index in [1.165, 1.54) is 24.0 Å². The Kier molecular flexibility index (Phi) is 3.21. The van der Waals surface area contributed by atoms with Crippen LogP contribution in [0.15, 0.2) is 29.3 Å². The molecule has 0 aromatic heterocycles. The fraction of sp³-hybridized carbons (Fsp3) is 0.562. The number of hydrogen-bond donors (Lipinski definition) is 1. The van der Waals surface area contributed by atoms with Gasteiger partial charge in [-0.15, -0.1) is 0 Å². The number of guanidine groups is 1. The lowest BCUT2D eigenvalue weighted by atomic mass is 10.0. The third-order valence-electron chi connectivity index (χ3n) is 4.03. The molecular formula is C16H23N3. The van der Waals surface area contributed by atoms with Gasteiger partial charge in [0.25, 0.3) is 0 Å². The van der Waals surface area contributed by atoms with Crippen LogP contribution in [0.4, 0.5) is 0 Å². The summed E-state index contributed by atoms with van der Waals surface area (Å²) >= 11 is 0. The van der Waals surface area contributed by atoms with Gasteiger partial charge in [0.2, 0.25) is 0 Å². The molecule has 19 heavy (non-hydrogen) atoms. The topological polar surface area (TPSA) is 41.6 Å². The summed E-state index contributed by atoms with van der Waals surface area (Å²) in [6.45, 7) is 6.21. The Morgan fingerprint density at radius 1 is 1.21 bits per heavy atom. The monoisotopic (exact) mass is 257 g/mol. The Bertz CT molecular complexity index is 471. The first kappa shape index (κ1) is 12.5. The van der Waals surface area contributed by atoms with Crippen molar-refractivity contribution < 1.29 is 0 Å². The Hall–Kier alpha value is -1.51. The predicted molar refractivity (Wildman–Crippen MR) is 79.2 cm³/mol. The average Bonchev–Trinajstić information content (AvgIpc) is 3.17. The molecule has 3 nitrogen and oxygen atoms in total. The van der Waals surface area contributed by atoms with E-state index in [1.807, 2.05) is 0 Å². The maximum absolute atomic E-state index is 6.02. The largest absolute Gasteiger partial charge is 0.370 e. The smallest absolute Gasteiger partial charge is 0.191 e. The third-order valence-corrected chi connectivity index (χ3v) is 4.03. The molecule has 1 fully saturated rings. The van der Waals surface area contributed by atoms with Gasteiger partial charge in [-0.25, -0.2) is 0 Å². The molecule has 1 unspecified atom stereocenters. The number of hydrogen-bond acceptors (Lipinski definition) is 3. The summed E-state index contributed by atoms with van der Waals surface area (Å²) < 4.78 is 0. The van der Waals surface area contributed by atoms with Gasteiger partial charge < -0.3 is 10.6 Å². The van der Waals surface area contributed by atoms with Gasteiger partial charge in [0.15, 0.2) is 5.96 Å². The van der Waals surface area contributed by atoms with Crippen LogP contribution in [0.5, 0.6) is 0 Å². The summed E-state index contributed by atoms with van der Waals surface area (Å²) in [6.07, 6.45) is 2.72. The van der Waals surface area contributed by atoms with Gasteiger partial charge in [-0.3, -0.25) is 4.99 Å². The van der Waals surface area contributed by atoms with Gasteiger partial charge in [-0.2, -0.15) is 0 Å². The van der Waals surface area contributed by atoms with E-state index in [0.717, 1.165) is 19.0 Å². The van der Waals surface area contributed by atoms with Crippen molar-refractivity contribution in [2.24, 2.45) is 16.6 Å². The van der Waals surface area contributed by atoms with Crippen LogP contribution >= 0.6 is 0 Å². The summed E-state index contributed by atoms with van der Waals surface area (Å²) in [6, 6.07) is 9.43. The fourth-order valence-electron chi connectivity index (χ4n) is 2.84. The Morgan fingerprint density at radius 2 is 1.84 bits per heavy atom. The number of aliphatic imine (C=N–C) groups is 1. The average molecular weight is 257 g/mol. The number of nitrogens with zero attached hydrogens (tertiary/aromatic N) is 2.